The molecule has 160 valence electrons. The van der Waals surface area contributed by atoms with Gasteiger partial charge < -0.3 is 5.32 Å². The number of piperidine rings is 1. The van der Waals surface area contributed by atoms with E-state index in [9.17, 15) is 9.18 Å². The molecule has 1 amide bonds. The van der Waals surface area contributed by atoms with Crippen LogP contribution in [-0.2, 0) is 24.2 Å². The molecular weight excluding hydrogens is 375 g/mol. The second-order valence-corrected chi connectivity index (χ2v) is 8.91. The van der Waals surface area contributed by atoms with Gasteiger partial charge in [0.15, 0.2) is 0 Å². The van der Waals surface area contributed by atoms with Crippen LogP contribution in [0.2, 0.25) is 0 Å². The Balaban J connectivity index is 1.37. The van der Waals surface area contributed by atoms with Gasteiger partial charge in [0, 0.05) is 13.1 Å². The number of aryl methyl sites for hydroxylation is 2. The third-order valence-electron chi connectivity index (χ3n) is 6.70. The van der Waals surface area contributed by atoms with E-state index < -0.39 is 0 Å². The number of fused-ring (bicyclic) bond motifs is 1. The van der Waals surface area contributed by atoms with Crippen molar-refractivity contribution in [2.75, 3.05) is 13.1 Å². The number of benzene rings is 2. The van der Waals surface area contributed by atoms with Gasteiger partial charge in [0.05, 0.1) is 12.0 Å². The monoisotopic (exact) mass is 408 g/mol. The van der Waals surface area contributed by atoms with E-state index in [-0.39, 0.29) is 23.7 Å². The van der Waals surface area contributed by atoms with Gasteiger partial charge in [-0.1, -0.05) is 37.3 Å². The number of rotatable bonds is 6. The van der Waals surface area contributed by atoms with Gasteiger partial charge in [-0.05, 0) is 85.9 Å². The largest absolute Gasteiger partial charge is 0.349 e. The Labute approximate surface area is 179 Å². The van der Waals surface area contributed by atoms with E-state index in [2.05, 4.69) is 35.3 Å². The molecule has 1 fully saturated rings. The van der Waals surface area contributed by atoms with Crippen LogP contribution in [0.15, 0.2) is 42.5 Å². The molecule has 1 saturated heterocycles. The Morgan fingerprint density at radius 2 is 1.87 bits per heavy atom. The summed E-state index contributed by atoms with van der Waals surface area (Å²) < 4.78 is 13.2. The molecule has 2 aromatic carbocycles. The number of amides is 1. The summed E-state index contributed by atoms with van der Waals surface area (Å²) in [5, 5.41) is 3.34. The number of halogens is 1. The molecule has 1 aliphatic heterocycles. The van der Waals surface area contributed by atoms with E-state index in [4.69, 9.17) is 0 Å². The predicted octanol–water partition coefficient (Wildman–Crippen LogP) is 5.18. The number of hydrogen-bond acceptors (Lipinski definition) is 2. The second kappa shape index (κ2) is 9.74. The van der Waals surface area contributed by atoms with Crippen LogP contribution < -0.4 is 5.32 Å². The van der Waals surface area contributed by atoms with Crippen molar-refractivity contribution in [2.24, 2.45) is 5.92 Å². The summed E-state index contributed by atoms with van der Waals surface area (Å²) in [6.45, 7) is 4.67. The number of carbonyl (C=O) groups excluding carboxylic acids is 1. The van der Waals surface area contributed by atoms with E-state index in [1.165, 1.54) is 48.1 Å². The zero-order valence-electron chi connectivity index (χ0n) is 18.0. The third kappa shape index (κ3) is 5.10. The molecule has 0 spiro atoms. The van der Waals surface area contributed by atoms with Crippen molar-refractivity contribution >= 4 is 5.91 Å². The van der Waals surface area contributed by atoms with Gasteiger partial charge >= 0.3 is 0 Å². The zero-order valence-corrected chi connectivity index (χ0v) is 18.0. The van der Waals surface area contributed by atoms with Crippen molar-refractivity contribution in [3.63, 3.8) is 0 Å². The fourth-order valence-electron chi connectivity index (χ4n) is 4.94. The molecule has 1 aliphatic carbocycles. The molecule has 4 rings (SSSR count). The van der Waals surface area contributed by atoms with Crippen LogP contribution in [0, 0.1) is 11.7 Å². The minimum absolute atomic E-state index is 0.0193. The number of likely N-dealkylation sites (tertiary alicyclic amines) is 1. The molecule has 3 nitrogen and oxygen atoms in total. The zero-order chi connectivity index (χ0) is 20.9. The van der Waals surface area contributed by atoms with Crippen LogP contribution in [0.3, 0.4) is 0 Å². The quantitative estimate of drug-likeness (QED) is 0.714. The summed E-state index contributed by atoms with van der Waals surface area (Å²) in [6.07, 6.45) is 7.76. The van der Waals surface area contributed by atoms with E-state index in [1.807, 2.05) is 12.1 Å². The number of carbonyl (C=O) groups is 1. The van der Waals surface area contributed by atoms with Crippen LogP contribution in [-0.4, -0.2) is 23.9 Å². The Kier molecular flexibility index (Phi) is 6.83. The highest BCUT2D eigenvalue weighted by molar-refractivity contribution is 5.79. The maximum absolute atomic E-state index is 13.2. The molecule has 2 atom stereocenters. The highest BCUT2D eigenvalue weighted by Crippen LogP contribution is 2.27. The fourth-order valence-corrected chi connectivity index (χ4v) is 4.94. The summed E-state index contributed by atoms with van der Waals surface area (Å²) >= 11 is 0. The van der Waals surface area contributed by atoms with Crippen LogP contribution >= 0.6 is 0 Å². The number of nitrogens with one attached hydrogen (secondary N) is 1. The molecule has 0 aromatic heterocycles. The Hall–Kier alpha value is -2.20. The average Bonchev–Trinajstić information content (AvgIpc) is 2.78. The summed E-state index contributed by atoms with van der Waals surface area (Å²) in [4.78, 5) is 15.4. The van der Waals surface area contributed by atoms with Crippen LogP contribution in [0.25, 0.3) is 0 Å². The molecule has 0 radical (unpaired) electrons. The highest BCUT2D eigenvalue weighted by Gasteiger charge is 2.27. The average molecular weight is 409 g/mol. The molecule has 2 unspecified atom stereocenters. The normalized spacial score (nSPS) is 20.4. The summed E-state index contributed by atoms with van der Waals surface area (Å²) in [5.41, 5.74) is 5.29. The molecule has 30 heavy (non-hydrogen) atoms. The lowest BCUT2D eigenvalue weighted by atomic mass is 9.88. The van der Waals surface area contributed by atoms with Gasteiger partial charge in [0.2, 0.25) is 5.91 Å². The maximum atomic E-state index is 13.2. The molecule has 2 aliphatic rings. The highest BCUT2D eigenvalue weighted by atomic mass is 19.1. The minimum Gasteiger partial charge on any atom is -0.349 e. The van der Waals surface area contributed by atoms with E-state index in [0.29, 0.717) is 0 Å². The SMILES string of the molecule is CCC(NC(=O)C1CCCN(Cc2ccc(F)cc2)C1)c1ccc2c(c1)CCCC2. The van der Waals surface area contributed by atoms with Gasteiger partial charge in [-0.2, -0.15) is 0 Å². The predicted molar refractivity (Wildman–Crippen MR) is 119 cm³/mol. The van der Waals surface area contributed by atoms with Crippen molar-refractivity contribution in [3.05, 3.63) is 70.5 Å². The molecule has 1 heterocycles. The van der Waals surface area contributed by atoms with Gasteiger partial charge in [0.25, 0.3) is 0 Å². The van der Waals surface area contributed by atoms with Crippen LogP contribution in [0.4, 0.5) is 4.39 Å². The first-order valence-corrected chi connectivity index (χ1v) is 11.5. The van der Waals surface area contributed by atoms with Crippen molar-refractivity contribution in [1.29, 1.82) is 0 Å². The Bertz CT molecular complexity index is 864. The maximum Gasteiger partial charge on any atom is 0.224 e. The standard InChI is InChI=1S/C26H33FN2O/c1-2-25(22-12-11-20-6-3-4-7-21(20)16-22)28-26(30)23-8-5-15-29(18-23)17-19-9-13-24(27)14-10-19/h9-14,16,23,25H,2-8,15,17-18H2,1H3,(H,28,30). The van der Waals surface area contributed by atoms with Gasteiger partial charge in [-0.25, -0.2) is 4.39 Å². The van der Waals surface area contributed by atoms with Gasteiger partial charge in [0.1, 0.15) is 5.82 Å². The Morgan fingerprint density at radius 1 is 1.10 bits per heavy atom. The summed E-state index contributed by atoms with van der Waals surface area (Å²) in [5.74, 6) is -0.0170. The summed E-state index contributed by atoms with van der Waals surface area (Å²) in [6, 6.07) is 13.6. The van der Waals surface area contributed by atoms with Crippen LogP contribution in [0.5, 0.6) is 0 Å². The third-order valence-corrected chi connectivity index (χ3v) is 6.70. The lowest BCUT2D eigenvalue weighted by Crippen LogP contribution is -2.43. The smallest absolute Gasteiger partial charge is 0.224 e. The van der Waals surface area contributed by atoms with Crippen molar-refractivity contribution in [3.8, 4) is 0 Å². The van der Waals surface area contributed by atoms with Crippen LogP contribution in [0.1, 0.15) is 67.3 Å². The Morgan fingerprint density at radius 3 is 2.63 bits per heavy atom. The molecule has 1 N–H and O–H groups in total. The summed E-state index contributed by atoms with van der Waals surface area (Å²) in [7, 11) is 0. The molecule has 2 aromatic rings. The minimum atomic E-state index is -0.206. The molecule has 4 heteroatoms. The van der Waals surface area contributed by atoms with Crippen molar-refractivity contribution in [2.45, 2.75) is 64.5 Å². The topological polar surface area (TPSA) is 32.3 Å². The van der Waals surface area contributed by atoms with Gasteiger partial charge in [-0.15, -0.1) is 0 Å². The van der Waals surface area contributed by atoms with E-state index in [0.717, 1.165) is 50.9 Å². The van der Waals surface area contributed by atoms with E-state index >= 15 is 0 Å². The lowest BCUT2D eigenvalue weighted by Gasteiger charge is -2.33. The molecule has 0 saturated carbocycles. The van der Waals surface area contributed by atoms with Crippen molar-refractivity contribution < 1.29 is 9.18 Å². The first-order valence-electron chi connectivity index (χ1n) is 11.5. The molecule has 0 bridgehead atoms. The lowest BCUT2D eigenvalue weighted by molar-refractivity contribution is -0.127. The fraction of sp³-hybridized carbons (Fsp3) is 0.500. The number of nitrogens with zero attached hydrogens (tertiary/aromatic N) is 1. The van der Waals surface area contributed by atoms with Gasteiger partial charge in [-0.3, -0.25) is 9.69 Å². The first kappa shape index (κ1) is 21.0. The van der Waals surface area contributed by atoms with Crippen molar-refractivity contribution in [1.82, 2.24) is 10.2 Å². The van der Waals surface area contributed by atoms with E-state index in [1.54, 1.807) is 0 Å². The first-order chi connectivity index (χ1) is 14.6. The number of hydrogen-bond donors (Lipinski definition) is 1. The molecular formula is C26H33FN2O. The second-order valence-electron chi connectivity index (χ2n) is 8.91.